The van der Waals surface area contributed by atoms with Gasteiger partial charge in [0, 0.05) is 12.1 Å². The van der Waals surface area contributed by atoms with E-state index in [1.54, 1.807) is 6.07 Å². The maximum absolute atomic E-state index is 13.8. The van der Waals surface area contributed by atoms with Gasteiger partial charge in [0.25, 0.3) is 0 Å². The maximum atomic E-state index is 13.8. The predicted molar refractivity (Wildman–Crippen MR) is 66.4 cm³/mol. The SMILES string of the molecule is Fc1ccccc1[C@H]1NCCc2ccccc21. The summed E-state index contributed by atoms with van der Waals surface area (Å²) in [5.41, 5.74) is 3.25. The minimum Gasteiger partial charge on any atom is -0.306 e. The van der Waals surface area contributed by atoms with Crippen LogP contribution in [0.5, 0.6) is 0 Å². The van der Waals surface area contributed by atoms with E-state index in [1.807, 2.05) is 24.3 Å². The van der Waals surface area contributed by atoms with Gasteiger partial charge in [0.2, 0.25) is 0 Å². The molecule has 0 spiro atoms. The van der Waals surface area contributed by atoms with E-state index in [4.69, 9.17) is 0 Å². The maximum Gasteiger partial charge on any atom is 0.128 e. The third kappa shape index (κ3) is 1.85. The lowest BCUT2D eigenvalue weighted by molar-refractivity contribution is 0.528. The zero-order chi connectivity index (χ0) is 11.7. The van der Waals surface area contributed by atoms with Crippen LogP contribution in [0.1, 0.15) is 22.7 Å². The summed E-state index contributed by atoms with van der Waals surface area (Å²) in [5, 5.41) is 3.39. The van der Waals surface area contributed by atoms with Crippen molar-refractivity contribution in [3.8, 4) is 0 Å². The van der Waals surface area contributed by atoms with Crippen LogP contribution in [0.2, 0.25) is 0 Å². The summed E-state index contributed by atoms with van der Waals surface area (Å²) in [6.45, 7) is 0.899. The van der Waals surface area contributed by atoms with E-state index < -0.39 is 0 Å². The van der Waals surface area contributed by atoms with Crippen LogP contribution in [-0.2, 0) is 6.42 Å². The van der Waals surface area contributed by atoms with Crippen molar-refractivity contribution in [3.63, 3.8) is 0 Å². The van der Waals surface area contributed by atoms with Gasteiger partial charge >= 0.3 is 0 Å². The van der Waals surface area contributed by atoms with Gasteiger partial charge in [0.15, 0.2) is 0 Å². The number of nitrogens with one attached hydrogen (secondary N) is 1. The Balaban J connectivity index is 2.09. The van der Waals surface area contributed by atoms with Gasteiger partial charge in [-0.1, -0.05) is 42.5 Å². The Hall–Kier alpha value is -1.67. The Morgan fingerprint density at radius 2 is 1.65 bits per heavy atom. The van der Waals surface area contributed by atoms with Crippen LogP contribution >= 0.6 is 0 Å². The fraction of sp³-hybridized carbons (Fsp3) is 0.200. The molecule has 0 aliphatic carbocycles. The van der Waals surface area contributed by atoms with E-state index >= 15 is 0 Å². The fourth-order valence-electron chi connectivity index (χ4n) is 2.49. The number of hydrogen-bond donors (Lipinski definition) is 1. The Morgan fingerprint density at radius 1 is 0.941 bits per heavy atom. The van der Waals surface area contributed by atoms with Crippen LogP contribution in [0.15, 0.2) is 48.5 Å². The molecule has 0 amide bonds. The van der Waals surface area contributed by atoms with Crippen molar-refractivity contribution in [3.05, 3.63) is 71.0 Å². The lowest BCUT2D eigenvalue weighted by atomic mass is 9.90. The summed E-state index contributed by atoms with van der Waals surface area (Å²) >= 11 is 0. The summed E-state index contributed by atoms with van der Waals surface area (Å²) in [5.74, 6) is -0.137. The Morgan fingerprint density at radius 3 is 2.47 bits per heavy atom. The summed E-state index contributed by atoms with van der Waals surface area (Å²) in [6, 6.07) is 15.3. The quantitative estimate of drug-likeness (QED) is 0.789. The van der Waals surface area contributed by atoms with Gasteiger partial charge in [0.1, 0.15) is 5.82 Å². The van der Waals surface area contributed by atoms with E-state index in [-0.39, 0.29) is 11.9 Å². The second kappa shape index (κ2) is 4.30. The zero-order valence-electron chi connectivity index (χ0n) is 9.49. The topological polar surface area (TPSA) is 12.0 Å². The molecule has 17 heavy (non-hydrogen) atoms. The van der Waals surface area contributed by atoms with Crippen LogP contribution in [0.25, 0.3) is 0 Å². The molecule has 1 aliphatic heterocycles. The van der Waals surface area contributed by atoms with Crippen molar-refractivity contribution in [1.29, 1.82) is 0 Å². The predicted octanol–water partition coefficient (Wildman–Crippen LogP) is 3.06. The van der Waals surface area contributed by atoms with Crippen molar-refractivity contribution in [1.82, 2.24) is 5.32 Å². The second-order valence-corrected chi connectivity index (χ2v) is 4.36. The summed E-state index contributed by atoms with van der Waals surface area (Å²) in [4.78, 5) is 0. The van der Waals surface area contributed by atoms with E-state index in [1.165, 1.54) is 17.2 Å². The lowest BCUT2D eigenvalue weighted by Crippen LogP contribution is -2.31. The van der Waals surface area contributed by atoms with Crippen LogP contribution in [0.3, 0.4) is 0 Å². The first-order chi connectivity index (χ1) is 8.36. The zero-order valence-corrected chi connectivity index (χ0v) is 9.49. The van der Waals surface area contributed by atoms with Gasteiger partial charge in [0.05, 0.1) is 6.04 Å². The van der Waals surface area contributed by atoms with Gasteiger partial charge < -0.3 is 5.32 Å². The third-order valence-electron chi connectivity index (χ3n) is 3.33. The fourth-order valence-corrected chi connectivity index (χ4v) is 2.49. The van der Waals surface area contributed by atoms with Crippen molar-refractivity contribution in [2.45, 2.75) is 12.5 Å². The van der Waals surface area contributed by atoms with Gasteiger partial charge in [-0.25, -0.2) is 4.39 Å². The highest BCUT2D eigenvalue weighted by molar-refractivity contribution is 5.39. The summed E-state index contributed by atoms with van der Waals surface area (Å²) in [6.07, 6.45) is 1.02. The van der Waals surface area contributed by atoms with E-state index in [0.29, 0.717) is 0 Å². The molecule has 0 saturated carbocycles. The lowest BCUT2D eigenvalue weighted by Gasteiger charge is -2.27. The molecule has 0 aromatic heterocycles. The molecule has 0 radical (unpaired) electrons. The Kier molecular flexibility index (Phi) is 2.65. The van der Waals surface area contributed by atoms with E-state index in [2.05, 4.69) is 17.4 Å². The molecule has 1 nitrogen and oxygen atoms in total. The third-order valence-corrected chi connectivity index (χ3v) is 3.33. The molecule has 2 aromatic carbocycles. The number of halogens is 1. The van der Waals surface area contributed by atoms with Crippen molar-refractivity contribution in [2.75, 3.05) is 6.54 Å². The largest absolute Gasteiger partial charge is 0.306 e. The number of benzene rings is 2. The standard InChI is InChI=1S/C15H14FN/c16-14-8-4-3-7-13(14)15-12-6-2-1-5-11(12)9-10-17-15/h1-8,15,17H,9-10H2/t15-/m0/s1. The molecule has 86 valence electrons. The number of rotatable bonds is 1. The Bertz CT molecular complexity index is 536. The molecule has 3 rings (SSSR count). The van der Waals surface area contributed by atoms with E-state index in [9.17, 15) is 4.39 Å². The molecular formula is C15H14FN. The second-order valence-electron chi connectivity index (χ2n) is 4.36. The van der Waals surface area contributed by atoms with Crippen LogP contribution in [-0.4, -0.2) is 6.54 Å². The molecule has 1 heterocycles. The van der Waals surface area contributed by atoms with Gasteiger partial charge in [-0.3, -0.25) is 0 Å². The molecule has 0 fully saturated rings. The molecule has 2 aromatic rings. The first-order valence-corrected chi connectivity index (χ1v) is 5.92. The molecule has 0 saturated heterocycles. The van der Waals surface area contributed by atoms with Crippen LogP contribution in [0.4, 0.5) is 4.39 Å². The molecule has 0 bridgehead atoms. The molecule has 2 heteroatoms. The highest BCUT2D eigenvalue weighted by Crippen LogP contribution is 2.29. The number of fused-ring (bicyclic) bond motifs is 1. The van der Waals surface area contributed by atoms with Gasteiger partial charge in [-0.15, -0.1) is 0 Å². The van der Waals surface area contributed by atoms with Crippen LogP contribution < -0.4 is 5.32 Å². The summed E-state index contributed by atoms with van der Waals surface area (Å²) in [7, 11) is 0. The van der Waals surface area contributed by atoms with Crippen LogP contribution in [0, 0.1) is 5.82 Å². The highest BCUT2D eigenvalue weighted by atomic mass is 19.1. The average molecular weight is 227 g/mol. The molecule has 1 N–H and O–H groups in total. The molecule has 0 unspecified atom stereocenters. The first kappa shape index (κ1) is 10.5. The van der Waals surface area contributed by atoms with Gasteiger partial charge in [-0.2, -0.15) is 0 Å². The smallest absolute Gasteiger partial charge is 0.128 e. The average Bonchev–Trinajstić information content (AvgIpc) is 2.39. The molecule has 1 atom stereocenters. The van der Waals surface area contributed by atoms with Gasteiger partial charge in [-0.05, 0) is 23.6 Å². The summed E-state index contributed by atoms with van der Waals surface area (Å²) < 4.78 is 13.8. The van der Waals surface area contributed by atoms with Crippen molar-refractivity contribution >= 4 is 0 Å². The van der Waals surface area contributed by atoms with E-state index in [0.717, 1.165) is 18.5 Å². The molecule has 1 aliphatic rings. The monoisotopic (exact) mass is 227 g/mol. The minimum absolute atomic E-state index is 0.0128. The van der Waals surface area contributed by atoms with Crippen molar-refractivity contribution in [2.24, 2.45) is 0 Å². The van der Waals surface area contributed by atoms with Crippen molar-refractivity contribution < 1.29 is 4.39 Å². The highest BCUT2D eigenvalue weighted by Gasteiger charge is 2.22. The minimum atomic E-state index is -0.137. The number of hydrogen-bond acceptors (Lipinski definition) is 1. The Labute approximate surface area is 100 Å². The normalized spacial score (nSPS) is 18.8. The molecular weight excluding hydrogens is 213 g/mol. The first-order valence-electron chi connectivity index (χ1n) is 5.92.